The number of nitrogens with one attached hydrogen (secondary N) is 1. The molecule has 2 heterocycles. The molecule has 0 amide bonds. The first-order valence-corrected chi connectivity index (χ1v) is 8.32. The lowest BCUT2D eigenvalue weighted by molar-refractivity contribution is -0.135. The molecule has 4 nitrogen and oxygen atoms in total. The number of rotatable bonds is 5. The zero-order chi connectivity index (χ0) is 15.6. The Hall–Kier alpha value is -1.10. The molecule has 2 N–H and O–H groups in total. The van der Waals surface area contributed by atoms with E-state index in [-0.39, 0.29) is 12.0 Å². The second-order valence-corrected chi connectivity index (χ2v) is 7.03. The van der Waals surface area contributed by atoms with Gasteiger partial charge in [-0.3, -0.25) is 0 Å². The van der Waals surface area contributed by atoms with Gasteiger partial charge in [0, 0.05) is 18.2 Å². The van der Waals surface area contributed by atoms with E-state index in [4.69, 9.17) is 9.47 Å². The molecule has 1 aromatic carbocycles. The predicted octanol–water partition coefficient (Wildman–Crippen LogP) is 2.62. The van der Waals surface area contributed by atoms with Crippen molar-refractivity contribution in [1.82, 2.24) is 5.32 Å². The zero-order valence-corrected chi connectivity index (χ0v) is 13.6. The Bertz CT molecular complexity index is 506. The lowest BCUT2D eigenvalue weighted by Gasteiger charge is -2.41. The second kappa shape index (κ2) is 6.57. The minimum absolute atomic E-state index is 0.0943. The number of hydrogen-bond acceptors (Lipinski definition) is 4. The first kappa shape index (κ1) is 15.8. The number of hydrogen-bond donors (Lipinski definition) is 2. The number of benzene rings is 1. The van der Waals surface area contributed by atoms with Crippen LogP contribution < -0.4 is 10.1 Å². The molecule has 0 aromatic heterocycles. The average molecular weight is 305 g/mol. The van der Waals surface area contributed by atoms with E-state index < -0.39 is 0 Å². The van der Waals surface area contributed by atoms with Gasteiger partial charge in [-0.15, -0.1) is 0 Å². The van der Waals surface area contributed by atoms with E-state index in [9.17, 15) is 5.11 Å². The third kappa shape index (κ3) is 3.14. The molecule has 0 bridgehead atoms. The van der Waals surface area contributed by atoms with Crippen LogP contribution in [0.2, 0.25) is 0 Å². The molecule has 2 aliphatic heterocycles. The number of aliphatic hydroxyl groups excluding tert-OH is 1. The lowest BCUT2D eigenvalue weighted by Crippen LogP contribution is -2.52. The van der Waals surface area contributed by atoms with Gasteiger partial charge in [0.25, 0.3) is 0 Å². The van der Waals surface area contributed by atoms with Crippen LogP contribution in [-0.2, 0) is 4.74 Å². The summed E-state index contributed by atoms with van der Waals surface area (Å²) in [5, 5.41) is 13.2. The fourth-order valence-electron chi connectivity index (χ4n) is 3.15. The van der Waals surface area contributed by atoms with Gasteiger partial charge in [0.15, 0.2) is 0 Å². The summed E-state index contributed by atoms with van der Waals surface area (Å²) in [7, 11) is 0. The van der Waals surface area contributed by atoms with Crippen LogP contribution in [0.1, 0.15) is 49.8 Å². The van der Waals surface area contributed by atoms with Crippen LogP contribution in [0.5, 0.6) is 5.75 Å². The molecule has 4 heteroatoms. The van der Waals surface area contributed by atoms with Crippen molar-refractivity contribution in [2.24, 2.45) is 5.41 Å². The largest absolute Gasteiger partial charge is 0.493 e. The summed E-state index contributed by atoms with van der Waals surface area (Å²) in [6.07, 6.45) is 2.11. The van der Waals surface area contributed by atoms with Crippen LogP contribution in [0.3, 0.4) is 0 Å². The van der Waals surface area contributed by atoms with Crippen LogP contribution in [-0.4, -0.2) is 38.1 Å². The van der Waals surface area contributed by atoms with Gasteiger partial charge in [-0.1, -0.05) is 26.0 Å². The van der Waals surface area contributed by atoms with E-state index in [2.05, 4.69) is 37.4 Å². The monoisotopic (exact) mass is 305 g/mol. The number of ether oxygens (including phenoxy) is 2. The van der Waals surface area contributed by atoms with Crippen molar-refractivity contribution >= 4 is 0 Å². The van der Waals surface area contributed by atoms with E-state index >= 15 is 0 Å². The minimum Gasteiger partial charge on any atom is -0.493 e. The SMILES string of the molecule is CC(C)c1ccc2c(c1)C(NCC1(CO)COC1)CCCO2. The molecule has 122 valence electrons. The van der Waals surface area contributed by atoms with Gasteiger partial charge in [-0.2, -0.15) is 0 Å². The zero-order valence-electron chi connectivity index (χ0n) is 13.6. The molecule has 0 saturated carbocycles. The summed E-state index contributed by atoms with van der Waals surface area (Å²) in [6.45, 7) is 7.49. The Morgan fingerprint density at radius 3 is 2.82 bits per heavy atom. The molecular weight excluding hydrogens is 278 g/mol. The molecule has 2 aliphatic rings. The maximum absolute atomic E-state index is 9.59. The minimum atomic E-state index is -0.0943. The maximum atomic E-state index is 9.59. The van der Waals surface area contributed by atoms with Gasteiger partial charge in [0.2, 0.25) is 0 Å². The van der Waals surface area contributed by atoms with Gasteiger partial charge < -0.3 is 19.9 Å². The Balaban J connectivity index is 1.78. The van der Waals surface area contributed by atoms with Gasteiger partial charge in [-0.25, -0.2) is 0 Å². The van der Waals surface area contributed by atoms with Crippen LogP contribution in [0, 0.1) is 5.41 Å². The topological polar surface area (TPSA) is 50.7 Å². The van der Waals surface area contributed by atoms with Crippen molar-refractivity contribution in [1.29, 1.82) is 0 Å². The lowest BCUT2D eigenvalue weighted by atomic mass is 9.86. The third-order valence-electron chi connectivity index (χ3n) is 4.85. The van der Waals surface area contributed by atoms with Crippen LogP contribution in [0.4, 0.5) is 0 Å². The molecule has 3 rings (SSSR count). The second-order valence-electron chi connectivity index (χ2n) is 7.03. The Morgan fingerprint density at radius 2 is 2.18 bits per heavy atom. The van der Waals surface area contributed by atoms with Crippen LogP contribution in [0.25, 0.3) is 0 Å². The van der Waals surface area contributed by atoms with E-state index in [1.165, 1.54) is 11.1 Å². The molecule has 1 atom stereocenters. The van der Waals surface area contributed by atoms with E-state index in [1.54, 1.807) is 0 Å². The van der Waals surface area contributed by atoms with Gasteiger partial charge in [-0.05, 0) is 30.4 Å². The standard InChI is InChI=1S/C18H27NO3/c1-13(2)14-5-6-17-15(8-14)16(4-3-7-22-17)19-9-18(10-20)11-21-12-18/h5-6,8,13,16,19-20H,3-4,7,9-12H2,1-2H3. The summed E-state index contributed by atoms with van der Waals surface area (Å²) in [5.41, 5.74) is 2.51. The fraction of sp³-hybridized carbons (Fsp3) is 0.667. The summed E-state index contributed by atoms with van der Waals surface area (Å²) in [5.74, 6) is 1.51. The fourth-order valence-corrected chi connectivity index (χ4v) is 3.15. The highest BCUT2D eigenvalue weighted by atomic mass is 16.5. The van der Waals surface area contributed by atoms with Crippen molar-refractivity contribution in [3.63, 3.8) is 0 Å². The highest BCUT2D eigenvalue weighted by molar-refractivity contribution is 5.41. The Labute approximate surface area is 132 Å². The summed E-state index contributed by atoms with van der Waals surface area (Å²) in [4.78, 5) is 0. The smallest absolute Gasteiger partial charge is 0.124 e. The highest BCUT2D eigenvalue weighted by Crippen LogP contribution is 2.35. The van der Waals surface area contributed by atoms with E-state index in [1.807, 2.05) is 0 Å². The highest BCUT2D eigenvalue weighted by Gasteiger charge is 2.38. The Kier molecular flexibility index (Phi) is 4.71. The van der Waals surface area contributed by atoms with Crippen LogP contribution in [0.15, 0.2) is 18.2 Å². The van der Waals surface area contributed by atoms with E-state index in [0.29, 0.717) is 25.2 Å². The molecule has 0 aliphatic carbocycles. The van der Waals surface area contributed by atoms with E-state index in [0.717, 1.165) is 31.7 Å². The normalized spacial score (nSPS) is 23.4. The van der Waals surface area contributed by atoms with Crippen molar-refractivity contribution in [2.45, 2.75) is 38.6 Å². The molecular formula is C18H27NO3. The van der Waals surface area contributed by atoms with Crippen molar-refractivity contribution in [3.05, 3.63) is 29.3 Å². The molecule has 1 saturated heterocycles. The van der Waals surface area contributed by atoms with Gasteiger partial charge in [0.05, 0.1) is 31.8 Å². The third-order valence-corrected chi connectivity index (χ3v) is 4.85. The molecule has 1 fully saturated rings. The molecule has 0 spiro atoms. The average Bonchev–Trinajstić information content (AvgIpc) is 2.68. The molecule has 1 aromatic rings. The van der Waals surface area contributed by atoms with Crippen molar-refractivity contribution in [3.8, 4) is 5.75 Å². The number of fused-ring (bicyclic) bond motifs is 1. The molecule has 22 heavy (non-hydrogen) atoms. The van der Waals surface area contributed by atoms with Gasteiger partial charge in [0.1, 0.15) is 5.75 Å². The molecule has 1 unspecified atom stereocenters. The molecule has 0 radical (unpaired) electrons. The quantitative estimate of drug-likeness (QED) is 0.878. The number of aliphatic hydroxyl groups is 1. The first-order valence-electron chi connectivity index (χ1n) is 8.32. The summed E-state index contributed by atoms with van der Waals surface area (Å²) >= 11 is 0. The van der Waals surface area contributed by atoms with Crippen LogP contribution >= 0.6 is 0 Å². The predicted molar refractivity (Wildman–Crippen MR) is 86.3 cm³/mol. The van der Waals surface area contributed by atoms with Crippen molar-refractivity contribution < 1.29 is 14.6 Å². The van der Waals surface area contributed by atoms with Gasteiger partial charge >= 0.3 is 0 Å². The first-order chi connectivity index (χ1) is 10.6. The van der Waals surface area contributed by atoms with Crippen molar-refractivity contribution in [2.75, 3.05) is 33.0 Å². The summed E-state index contributed by atoms with van der Waals surface area (Å²) < 4.78 is 11.2. The maximum Gasteiger partial charge on any atom is 0.124 e. The summed E-state index contributed by atoms with van der Waals surface area (Å²) in [6, 6.07) is 6.85. The Morgan fingerprint density at radius 1 is 1.36 bits per heavy atom.